The van der Waals surface area contributed by atoms with E-state index in [1.807, 2.05) is 6.92 Å². The van der Waals surface area contributed by atoms with Gasteiger partial charge in [0.1, 0.15) is 0 Å². The van der Waals surface area contributed by atoms with Crippen LogP contribution in [0, 0.1) is 5.92 Å². The molecule has 0 aromatic heterocycles. The summed E-state index contributed by atoms with van der Waals surface area (Å²) >= 11 is 0. The Morgan fingerprint density at radius 2 is 1.40 bits per heavy atom. The minimum Gasteiger partial charge on any atom is -0.393 e. The van der Waals surface area contributed by atoms with Crippen molar-refractivity contribution in [3.8, 4) is 0 Å². The molecule has 1 aliphatic rings. The van der Waals surface area contributed by atoms with Crippen LogP contribution in [0.15, 0.2) is 23.8 Å². The van der Waals surface area contributed by atoms with E-state index in [4.69, 9.17) is 0 Å². The van der Waals surface area contributed by atoms with Gasteiger partial charge in [0.2, 0.25) is 0 Å². The number of rotatable bonds is 16. The molecule has 0 fully saturated rings. The lowest BCUT2D eigenvalue weighted by atomic mass is 9.87. The number of aliphatic hydroxyl groups is 1. The van der Waals surface area contributed by atoms with Gasteiger partial charge in [-0.1, -0.05) is 114 Å². The molecule has 0 aromatic carbocycles. The summed E-state index contributed by atoms with van der Waals surface area (Å²) in [5.41, 5.74) is 1.43. The SMILES string of the molecule is CCCCCCCCCCCCCCCC1C=CC=C(CC(C)O)C1. The van der Waals surface area contributed by atoms with Crippen LogP contribution in [-0.2, 0) is 0 Å². The Morgan fingerprint density at radius 1 is 0.880 bits per heavy atom. The normalized spacial score (nSPS) is 18.4. The zero-order valence-electron chi connectivity index (χ0n) is 17.1. The van der Waals surface area contributed by atoms with Crippen molar-refractivity contribution in [1.82, 2.24) is 0 Å². The molecule has 1 aliphatic carbocycles. The summed E-state index contributed by atoms with van der Waals surface area (Å²) in [7, 11) is 0. The maximum Gasteiger partial charge on any atom is 0.0549 e. The fourth-order valence-corrected chi connectivity index (χ4v) is 3.98. The number of aliphatic hydroxyl groups excluding tert-OH is 1. The van der Waals surface area contributed by atoms with Crippen molar-refractivity contribution in [3.05, 3.63) is 23.8 Å². The summed E-state index contributed by atoms with van der Waals surface area (Å²) in [5, 5.41) is 9.52. The van der Waals surface area contributed by atoms with Gasteiger partial charge in [0.25, 0.3) is 0 Å². The minimum absolute atomic E-state index is 0.199. The van der Waals surface area contributed by atoms with E-state index in [2.05, 4.69) is 25.2 Å². The molecule has 0 aromatic rings. The summed E-state index contributed by atoms with van der Waals surface area (Å²) in [6.07, 6.45) is 28.5. The topological polar surface area (TPSA) is 20.2 Å². The van der Waals surface area contributed by atoms with Gasteiger partial charge in [0, 0.05) is 0 Å². The van der Waals surface area contributed by atoms with Crippen molar-refractivity contribution < 1.29 is 5.11 Å². The van der Waals surface area contributed by atoms with Crippen molar-refractivity contribution in [1.29, 1.82) is 0 Å². The highest BCUT2D eigenvalue weighted by Crippen LogP contribution is 2.26. The van der Waals surface area contributed by atoms with Crippen molar-refractivity contribution in [2.45, 2.75) is 123 Å². The van der Waals surface area contributed by atoms with E-state index in [0.717, 1.165) is 6.42 Å². The van der Waals surface area contributed by atoms with Gasteiger partial charge < -0.3 is 5.11 Å². The number of hydrogen-bond acceptors (Lipinski definition) is 1. The van der Waals surface area contributed by atoms with Crippen molar-refractivity contribution in [3.63, 3.8) is 0 Å². The molecule has 0 spiro atoms. The Labute approximate surface area is 158 Å². The summed E-state index contributed by atoms with van der Waals surface area (Å²) in [6.45, 7) is 4.18. The fraction of sp³-hybridized carbons (Fsp3) is 0.833. The lowest BCUT2D eigenvalue weighted by molar-refractivity contribution is 0.193. The molecule has 0 heterocycles. The Hall–Kier alpha value is -0.560. The van der Waals surface area contributed by atoms with Crippen molar-refractivity contribution in [2.75, 3.05) is 0 Å². The van der Waals surface area contributed by atoms with Gasteiger partial charge in [-0.05, 0) is 32.1 Å². The molecule has 146 valence electrons. The van der Waals surface area contributed by atoms with Gasteiger partial charge in [-0.2, -0.15) is 0 Å². The molecule has 1 heteroatoms. The maximum atomic E-state index is 9.52. The third-order valence-electron chi connectivity index (χ3n) is 5.48. The molecule has 1 nitrogen and oxygen atoms in total. The molecule has 25 heavy (non-hydrogen) atoms. The molecule has 0 radical (unpaired) electrons. The van der Waals surface area contributed by atoms with Crippen LogP contribution in [0.4, 0.5) is 0 Å². The first-order chi connectivity index (χ1) is 12.2. The lowest BCUT2D eigenvalue weighted by Crippen LogP contribution is -2.07. The standard InChI is InChI=1S/C24H44O/c1-3-4-5-6-7-8-9-10-11-12-13-14-15-17-23-18-16-19-24(21-23)20-22(2)25/h16,18-19,22-23,25H,3-15,17,20-21H2,1-2H3. The molecule has 2 unspecified atom stereocenters. The third kappa shape index (κ3) is 13.3. The number of unbranched alkanes of at least 4 members (excludes halogenated alkanes) is 12. The molecule has 0 aliphatic heterocycles. The second-order valence-electron chi connectivity index (χ2n) is 8.26. The van der Waals surface area contributed by atoms with Gasteiger partial charge in [0.15, 0.2) is 0 Å². The lowest BCUT2D eigenvalue weighted by Gasteiger charge is -2.19. The van der Waals surface area contributed by atoms with Crippen molar-refractivity contribution >= 4 is 0 Å². The smallest absolute Gasteiger partial charge is 0.0549 e. The zero-order valence-corrected chi connectivity index (χ0v) is 17.1. The van der Waals surface area contributed by atoms with Crippen LogP contribution in [0.5, 0.6) is 0 Å². The Kier molecular flexibility index (Phi) is 14.1. The molecule has 0 saturated carbocycles. The summed E-state index contributed by atoms with van der Waals surface area (Å²) in [5.74, 6) is 0.714. The van der Waals surface area contributed by atoms with E-state index in [9.17, 15) is 5.11 Å². The molecule has 2 atom stereocenters. The average Bonchev–Trinajstić information content (AvgIpc) is 2.59. The first kappa shape index (κ1) is 22.5. The average molecular weight is 349 g/mol. The maximum absolute atomic E-state index is 9.52. The van der Waals surface area contributed by atoms with Gasteiger partial charge >= 0.3 is 0 Å². The van der Waals surface area contributed by atoms with Crippen LogP contribution in [-0.4, -0.2) is 11.2 Å². The second-order valence-corrected chi connectivity index (χ2v) is 8.26. The minimum atomic E-state index is -0.199. The number of hydrogen-bond donors (Lipinski definition) is 1. The summed E-state index contributed by atoms with van der Waals surface area (Å²) < 4.78 is 0. The van der Waals surface area contributed by atoms with E-state index in [-0.39, 0.29) is 6.10 Å². The van der Waals surface area contributed by atoms with Gasteiger partial charge in [-0.15, -0.1) is 0 Å². The van der Waals surface area contributed by atoms with E-state index in [1.54, 1.807) is 0 Å². The summed E-state index contributed by atoms with van der Waals surface area (Å²) in [4.78, 5) is 0. The highest BCUT2D eigenvalue weighted by molar-refractivity contribution is 5.20. The Bertz CT molecular complexity index is 353. The molecule has 1 rings (SSSR count). The predicted molar refractivity (Wildman–Crippen MR) is 112 cm³/mol. The van der Waals surface area contributed by atoms with E-state index < -0.39 is 0 Å². The molecule has 0 saturated heterocycles. The van der Waals surface area contributed by atoms with Crippen LogP contribution in [0.25, 0.3) is 0 Å². The van der Waals surface area contributed by atoms with Crippen LogP contribution < -0.4 is 0 Å². The zero-order chi connectivity index (χ0) is 18.2. The monoisotopic (exact) mass is 348 g/mol. The predicted octanol–water partition coefficient (Wildman–Crippen LogP) is 7.74. The van der Waals surface area contributed by atoms with Gasteiger partial charge in [0.05, 0.1) is 6.10 Å². The van der Waals surface area contributed by atoms with Crippen LogP contribution in [0.3, 0.4) is 0 Å². The van der Waals surface area contributed by atoms with Crippen LogP contribution in [0.1, 0.15) is 117 Å². The molecular weight excluding hydrogens is 304 g/mol. The largest absolute Gasteiger partial charge is 0.393 e. The molecule has 0 bridgehead atoms. The summed E-state index contributed by atoms with van der Waals surface area (Å²) in [6, 6.07) is 0. The van der Waals surface area contributed by atoms with Gasteiger partial charge in [-0.3, -0.25) is 0 Å². The van der Waals surface area contributed by atoms with Gasteiger partial charge in [-0.25, -0.2) is 0 Å². The highest BCUT2D eigenvalue weighted by Gasteiger charge is 2.12. The fourth-order valence-electron chi connectivity index (χ4n) is 3.98. The second kappa shape index (κ2) is 15.7. The Morgan fingerprint density at radius 3 is 1.92 bits per heavy atom. The highest BCUT2D eigenvalue weighted by atomic mass is 16.3. The van der Waals surface area contributed by atoms with E-state index in [1.165, 1.54) is 102 Å². The first-order valence-corrected chi connectivity index (χ1v) is 11.3. The molecule has 0 amide bonds. The van der Waals surface area contributed by atoms with Crippen molar-refractivity contribution in [2.24, 2.45) is 5.92 Å². The van der Waals surface area contributed by atoms with E-state index in [0.29, 0.717) is 5.92 Å². The third-order valence-corrected chi connectivity index (χ3v) is 5.48. The number of allylic oxidation sites excluding steroid dienone is 3. The van der Waals surface area contributed by atoms with Crippen LogP contribution in [0.2, 0.25) is 0 Å². The Balaban J connectivity index is 1.85. The van der Waals surface area contributed by atoms with E-state index >= 15 is 0 Å². The molecule has 1 N–H and O–H groups in total. The van der Waals surface area contributed by atoms with Crippen LogP contribution >= 0.6 is 0 Å². The molecular formula is C24H44O. The first-order valence-electron chi connectivity index (χ1n) is 11.3. The quantitative estimate of drug-likeness (QED) is 0.283.